The fourth-order valence-corrected chi connectivity index (χ4v) is 1.80. The van der Waals surface area contributed by atoms with E-state index < -0.39 is 23.5 Å². The summed E-state index contributed by atoms with van der Waals surface area (Å²) in [4.78, 5) is 21.3. The van der Waals surface area contributed by atoms with Crippen LogP contribution in [-0.4, -0.2) is 16.9 Å². The van der Waals surface area contributed by atoms with Gasteiger partial charge in [0.15, 0.2) is 0 Å². The van der Waals surface area contributed by atoms with Gasteiger partial charge in [0.25, 0.3) is 0 Å². The third-order valence-electron chi connectivity index (χ3n) is 2.22. The molecule has 86 valence electrons. The zero-order chi connectivity index (χ0) is 12.3. The Bertz CT molecular complexity index is 411. The lowest BCUT2D eigenvalue weighted by Crippen LogP contribution is -2.15. The largest absolute Gasteiger partial charge is 0.476 e. The van der Waals surface area contributed by atoms with Crippen LogP contribution in [0.15, 0.2) is 18.2 Å². The molecule has 1 rings (SSSR count). The van der Waals surface area contributed by atoms with Gasteiger partial charge in [0.2, 0.25) is 5.78 Å². The monoisotopic (exact) mass is 244 g/mol. The molecule has 0 heterocycles. The van der Waals surface area contributed by atoms with E-state index in [4.69, 9.17) is 16.7 Å². The molecule has 0 saturated carbocycles. The van der Waals surface area contributed by atoms with Gasteiger partial charge >= 0.3 is 5.97 Å². The highest BCUT2D eigenvalue weighted by atomic mass is 35.5. The first-order valence-electron chi connectivity index (χ1n) is 4.63. The molecular formula is C11H10ClFO3. The van der Waals surface area contributed by atoms with Gasteiger partial charge in [-0.25, -0.2) is 9.18 Å². The highest BCUT2D eigenvalue weighted by Crippen LogP contribution is 2.29. The number of rotatable bonds is 4. The Hall–Kier alpha value is -1.42. The smallest absolute Gasteiger partial charge is 0.372 e. The van der Waals surface area contributed by atoms with E-state index in [0.717, 1.165) is 0 Å². The summed E-state index contributed by atoms with van der Waals surface area (Å²) in [6, 6.07) is 4.18. The molecule has 5 heteroatoms. The molecule has 1 atom stereocenters. The molecule has 16 heavy (non-hydrogen) atoms. The molecule has 3 nitrogen and oxygen atoms in total. The van der Waals surface area contributed by atoms with E-state index in [1.165, 1.54) is 18.2 Å². The third kappa shape index (κ3) is 2.79. The van der Waals surface area contributed by atoms with Gasteiger partial charge in [-0.1, -0.05) is 24.6 Å². The molecule has 0 fully saturated rings. The first kappa shape index (κ1) is 12.6. The Morgan fingerprint density at radius 2 is 2.12 bits per heavy atom. The number of carboxylic acid groups (broad SMARTS) is 1. The number of hydrogen-bond donors (Lipinski definition) is 1. The second kappa shape index (κ2) is 5.07. The number of carbonyl (C=O) groups excluding carboxylic acids is 1. The molecule has 0 bridgehead atoms. The van der Waals surface area contributed by atoms with Gasteiger partial charge in [0, 0.05) is 17.0 Å². The minimum absolute atomic E-state index is 0.179. The minimum atomic E-state index is -1.51. The average Bonchev–Trinajstić information content (AvgIpc) is 2.16. The fraction of sp³-hybridized carbons (Fsp3) is 0.273. The maximum absolute atomic E-state index is 13.4. The lowest BCUT2D eigenvalue weighted by Gasteiger charge is -2.12. The van der Waals surface area contributed by atoms with Crippen LogP contribution in [-0.2, 0) is 9.59 Å². The Morgan fingerprint density at radius 3 is 2.62 bits per heavy atom. The molecule has 0 aliphatic rings. The highest BCUT2D eigenvalue weighted by Gasteiger charge is 2.21. The van der Waals surface area contributed by atoms with Crippen molar-refractivity contribution in [3.8, 4) is 0 Å². The van der Waals surface area contributed by atoms with Crippen molar-refractivity contribution in [3.05, 3.63) is 34.6 Å². The normalized spacial score (nSPS) is 12.2. The first-order valence-corrected chi connectivity index (χ1v) is 5.01. The van der Waals surface area contributed by atoms with E-state index in [1.54, 1.807) is 6.92 Å². The van der Waals surface area contributed by atoms with Crippen molar-refractivity contribution < 1.29 is 19.1 Å². The van der Waals surface area contributed by atoms with E-state index in [-0.39, 0.29) is 17.0 Å². The minimum Gasteiger partial charge on any atom is -0.476 e. The molecule has 1 N–H and O–H groups in total. The number of carbonyl (C=O) groups is 2. The zero-order valence-corrected chi connectivity index (χ0v) is 9.29. The number of ketones is 1. The molecule has 0 aliphatic carbocycles. The number of benzene rings is 1. The molecule has 1 aromatic carbocycles. The van der Waals surface area contributed by atoms with E-state index in [2.05, 4.69) is 0 Å². The number of halogens is 2. The van der Waals surface area contributed by atoms with E-state index in [1.807, 2.05) is 0 Å². The standard InChI is InChI=1S/C11H10ClFO3/c1-6(5-9(14)11(15)16)10-7(12)3-2-4-8(10)13/h2-4,6H,5H2,1H3,(H,15,16). The van der Waals surface area contributed by atoms with Crippen molar-refractivity contribution in [2.75, 3.05) is 0 Å². The summed E-state index contributed by atoms with van der Waals surface area (Å²) in [5, 5.41) is 8.64. The zero-order valence-electron chi connectivity index (χ0n) is 8.54. The van der Waals surface area contributed by atoms with Crippen LogP contribution in [0.3, 0.4) is 0 Å². The maximum atomic E-state index is 13.4. The summed E-state index contributed by atoms with van der Waals surface area (Å²) in [6.07, 6.45) is -0.268. The molecule has 0 spiro atoms. The number of hydrogen-bond acceptors (Lipinski definition) is 2. The van der Waals surface area contributed by atoms with Crippen LogP contribution in [0.1, 0.15) is 24.8 Å². The van der Waals surface area contributed by atoms with Crippen LogP contribution >= 0.6 is 11.6 Å². The quantitative estimate of drug-likeness (QED) is 0.829. The molecule has 1 aromatic rings. The van der Waals surface area contributed by atoms with Crippen LogP contribution in [0.4, 0.5) is 4.39 Å². The summed E-state index contributed by atoms with van der Waals surface area (Å²) < 4.78 is 13.4. The van der Waals surface area contributed by atoms with Gasteiger partial charge < -0.3 is 5.11 Å². The SMILES string of the molecule is CC(CC(=O)C(=O)O)c1c(F)cccc1Cl. The lowest BCUT2D eigenvalue weighted by molar-refractivity contribution is -0.149. The van der Waals surface area contributed by atoms with Crippen LogP contribution in [0.25, 0.3) is 0 Å². The first-order chi connectivity index (χ1) is 7.43. The number of carboxylic acids is 1. The molecule has 1 unspecified atom stereocenters. The van der Waals surface area contributed by atoms with Crippen LogP contribution < -0.4 is 0 Å². The summed E-state index contributed by atoms with van der Waals surface area (Å²) >= 11 is 5.79. The fourth-order valence-electron chi connectivity index (χ4n) is 1.45. The third-order valence-corrected chi connectivity index (χ3v) is 2.55. The van der Waals surface area contributed by atoms with E-state index >= 15 is 0 Å². The van der Waals surface area contributed by atoms with Crippen molar-refractivity contribution in [2.45, 2.75) is 19.3 Å². The van der Waals surface area contributed by atoms with Gasteiger partial charge in [-0.2, -0.15) is 0 Å². The van der Waals surface area contributed by atoms with Gasteiger partial charge in [0.1, 0.15) is 5.82 Å². The Balaban J connectivity index is 2.93. The Kier molecular flexibility index (Phi) is 4.01. The van der Waals surface area contributed by atoms with Crippen molar-refractivity contribution in [1.29, 1.82) is 0 Å². The molecule has 0 aromatic heterocycles. The van der Waals surface area contributed by atoms with Crippen molar-refractivity contribution in [2.24, 2.45) is 0 Å². The summed E-state index contributed by atoms with van der Waals surface area (Å²) in [7, 11) is 0. The molecule has 0 radical (unpaired) electrons. The average molecular weight is 245 g/mol. The Labute approximate surface area is 96.8 Å². The van der Waals surface area contributed by atoms with Crippen molar-refractivity contribution >= 4 is 23.4 Å². The van der Waals surface area contributed by atoms with Gasteiger partial charge in [-0.3, -0.25) is 4.79 Å². The van der Waals surface area contributed by atoms with Gasteiger partial charge in [0.05, 0.1) is 0 Å². The van der Waals surface area contributed by atoms with Crippen molar-refractivity contribution in [3.63, 3.8) is 0 Å². The predicted octanol–water partition coefficient (Wildman–Crippen LogP) is 2.63. The van der Waals surface area contributed by atoms with Crippen LogP contribution in [0, 0.1) is 5.82 Å². The number of aliphatic carboxylic acids is 1. The summed E-state index contributed by atoms with van der Waals surface area (Å²) in [5.41, 5.74) is 0.179. The summed E-state index contributed by atoms with van der Waals surface area (Å²) in [5.74, 6) is -3.55. The topological polar surface area (TPSA) is 54.4 Å². The predicted molar refractivity (Wildman–Crippen MR) is 57.1 cm³/mol. The summed E-state index contributed by atoms with van der Waals surface area (Å²) in [6.45, 7) is 1.56. The number of Topliss-reactive ketones (excluding diaryl/α,β-unsaturated/α-hetero) is 1. The van der Waals surface area contributed by atoms with Gasteiger partial charge in [-0.15, -0.1) is 0 Å². The van der Waals surface area contributed by atoms with E-state index in [0.29, 0.717) is 0 Å². The Morgan fingerprint density at radius 1 is 1.50 bits per heavy atom. The second-order valence-corrected chi connectivity index (χ2v) is 3.88. The van der Waals surface area contributed by atoms with E-state index in [9.17, 15) is 14.0 Å². The van der Waals surface area contributed by atoms with Crippen LogP contribution in [0.2, 0.25) is 5.02 Å². The lowest BCUT2D eigenvalue weighted by atomic mass is 9.95. The molecule has 0 amide bonds. The molecule has 0 aliphatic heterocycles. The highest BCUT2D eigenvalue weighted by molar-refractivity contribution is 6.33. The molecular weight excluding hydrogens is 235 g/mol. The molecule has 0 saturated heterocycles. The van der Waals surface area contributed by atoms with Gasteiger partial charge in [-0.05, 0) is 18.1 Å². The maximum Gasteiger partial charge on any atom is 0.372 e. The van der Waals surface area contributed by atoms with Crippen molar-refractivity contribution in [1.82, 2.24) is 0 Å². The van der Waals surface area contributed by atoms with Crippen LogP contribution in [0.5, 0.6) is 0 Å². The second-order valence-electron chi connectivity index (χ2n) is 3.47.